The van der Waals surface area contributed by atoms with Gasteiger partial charge in [0.05, 0.1) is 18.8 Å². The topological polar surface area (TPSA) is 58.6 Å². The second kappa shape index (κ2) is 5.07. The van der Waals surface area contributed by atoms with Gasteiger partial charge in [-0.15, -0.1) is 11.3 Å². The van der Waals surface area contributed by atoms with Gasteiger partial charge in [0.25, 0.3) is 0 Å². The van der Waals surface area contributed by atoms with E-state index in [1.807, 2.05) is 12.3 Å². The van der Waals surface area contributed by atoms with Crippen LogP contribution in [0.4, 0.5) is 5.69 Å². The van der Waals surface area contributed by atoms with Gasteiger partial charge in [-0.2, -0.15) is 0 Å². The smallest absolute Gasteiger partial charge is 0.350 e. The number of likely N-dealkylation sites (N-methyl/N-ethyl adjacent to an activating group) is 1. The van der Waals surface area contributed by atoms with E-state index in [1.54, 1.807) is 11.9 Å². The van der Waals surface area contributed by atoms with Crippen molar-refractivity contribution in [2.45, 2.75) is 19.4 Å². The van der Waals surface area contributed by atoms with Crippen LogP contribution in [0, 0.1) is 6.92 Å². The van der Waals surface area contributed by atoms with Gasteiger partial charge in [0, 0.05) is 6.54 Å². The molecule has 98 valence electrons. The molecule has 0 spiro atoms. The van der Waals surface area contributed by atoms with E-state index >= 15 is 0 Å². The summed E-state index contributed by atoms with van der Waals surface area (Å²) in [6.45, 7) is 2.53. The number of hydrogen-bond donors (Lipinski definition) is 1. The number of carbonyl (C=O) groups excluding carboxylic acids is 2. The lowest BCUT2D eigenvalue weighted by Crippen LogP contribution is -2.36. The Bertz CT molecular complexity index is 484. The number of thiophene rings is 1. The molecule has 1 N–H and O–H groups in total. The van der Waals surface area contributed by atoms with E-state index in [0.29, 0.717) is 17.1 Å². The van der Waals surface area contributed by atoms with Gasteiger partial charge in [-0.1, -0.05) is 0 Å². The molecule has 1 aliphatic heterocycles. The largest absolute Gasteiger partial charge is 0.465 e. The highest BCUT2D eigenvalue weighted by atomic mass is 32.1. The number of carbonyl (C=O) groups is 2. The normalized spacial score (nSPS) is 19.4. The van der Waals surface area contributed by atoms with Crippen molar-refractivity contribution in [2.24, 2.45) is 0 Å². The Labute approximate surface area is 110 Å². The van der Waals surface area contributed by atoms with Crippen molar-refractivity contribution in [1.29, 1.82) is 0 Å². The number of rotatable bonds is 3. The molecule has 6 heteroatoms. The standard InChI is InChI=1S/C12H16N2O3S/c1-7-6-18-10(12(16)17-3)9(7)14-5-4-8(13-2)11(14)15/h6,8,13H,4-5H2,1-3H3. The summed E-state index contributed by atoms with van der Waals surface area (Å²) in [7, 11) is 3.12. The summed E-state index contributed by atoms with van der Waals surface area (Å²) in [6, 6.07) is -0.158. The molecule has 1 atom stereocenters. The molecule has 1 saturated heterocycles. The Hall–Kier alpha value is -1.40. The Kier molecular flexibility index (Phi) is 3.68. The third-order valence-electron chi connectivity index (χ3n) is 3.14. The SMILES string of the molecule is CNC1CCN(c2c(C)csc2C(=O)OC)C1=O. The molecular weight excluding hydrogens is 252 g/mol. The molecule has 5 nitrogen and oxygen atoms in total. The first kappa shape index (κ1) is 13.0. The van der Waals surface area contributed by atoms with Crippen LogP contribution in [0.5, 0.6) is 0 Å². The Morgan fingerprint density at radius 2 is 2.33 bits per heavy atom. The lowest BCUT2D eigenvalue weighted by atomic mass is 10.2. The highest BCUT2D eigenvalue weighted by Crippen LogP contribution is 2.34. The van der Waals surface area contributed by atoms with Crippen molar-refractivity contribution in [3.63, 3.8) is 0 Å². The number of aryl methyl sites for hydroxylation is 1. The van der Waals surface area contributed by atoms with E-state index in [1.165, 1.54) is 18.4 Å². The summed E-state index contributed by atoms with van der Waals surface area (Å²) < 4.78 is 4.76. The van der Waals surface area contributed by atoms with Crippen LogP contribution in [0.15, 0.2) is 5.38 Å². The zero-order valence-electron chi connectivity index (χ0n) is 10.6. The third kappa shape index (κ3) is 2.02. The molecule has 18 heavy (non-hydrogen) atoms. The Morgan fingerprint density at radius 3 is 2.89 bits per heavy atom. The minimum Gasteiger partial charge on any atom is -0.465 e. The van der Waals surface area contributed by atoms with Crippen molar-refractivity contribution in [3.8, 4) is 0 Å². The number of amides is 1. The second-order valence-corrected chi connectivity index (χ2v) is 5.09. The van der Waals surface area contributed by atoms with Crippen LogP contribution in [-0.4, -0.2) is 38.6 Å². The first-order valence-electron chi connectivity index (χ1n) is 5.75. The van der Waals surface area contributed by atoms with E-state index in [0.717, 1.165) is 12.0 Å². The lowest BCUT2D eigenvalue weighted by molar-refractivity contribution is -0.118. The number of hydrogen-bond acceptors (Lipinski definition) is 5. The predicted molar refractivity (Wildman–Crippen MR) is 70.2 cm³/mol. The summed E-state index contributed by atoms with van der Waals surface area (Å²) in [6.07, 6.45) is 0.755. The van der Waals surface area contributed by atoms with Crippen molar-refractivity contribution in [2.75, 3.05) is 25.6 Å². The maximum Gasteiger partial charge on any atom is 0.350 e. The highest BCUT2D eigenvalue weighted by molar-refractivity contribution is 7.12. The van der Waals surface area contributed by atoms with Crippen LogP contribution < -0.4 is 10.2 Å². The van der Waals surface area contributed by atoms with Gasteiger partial charge in [-0.05, 0) is 31.3 Å². The van der Waals surface area contributed by atoms with Crippen molar-refractivity contribution < 1.29 is 14.3 Å². The monoisotopic (exact) mass is 268 g/mol. The Morgan fingerprint density at radius 1 is 1.61 bits per heavy atom. The molecule has 1 aromatic heterocycles. The average molecular weight is 268 g/mol. The van der Waals surface area contributed by atoms with E-state index in [-0.39, 0.29) is 17.9 Å². The third-order valence-corrected chi connectivity index (χ3v) is 4.20. The molecule has 0 aromatic carbocycles. The quantitative estimate of drug-likeness (QED) is 0.836. The maximum absolute atomic E-state index is 12.2. The van der Waals surface area contributed by atoms with Gasteiger partial charge in [0.1, 0.15) is 4.88 Å². The molecule has 1 fully saturated rings. The first-order chi connectivity index (χ1) is 8.60. The predicted octanol–water partition coefficient (Wildman–Crippen LogP) is 1.17. The molecule has 0 bridgehead atoms. The fourth-order valence-corrected chi connectivity index (χ4v) is 3.15. The molecular formula is C12H16N2O3S. The molecule has 2 rings (SSSR count). The van der Waals surface area contributed by atoms with Gasteiger partial charge in [-0.25, -0.2) is 4.79 Å². The van der Waals surface area contributed by atoms with E-state index in [2.05, 4.69) is 5.32 Å². The number of ether oxygens (including phenoxy) is 1. The van der Waals surface area contributed by atoms with Crippen LogP contribution in [-0.2, 0) is 9.53 Å². The molecule has 1 aliphatic rings. The van der Waals surface area contributed by atoms with Gasteiger partial charge in [-0.3, -0.25) is 4.79 Å². The highest BCUT2D eigenvalue weighted by Gasteiger charge is 2.35. The fraction of sp³-hybridized carbons (Fsp3) is 0.500. The number of anilines is 1. The minimum atomic E-state index is -0.385. The number of nitrogens with one attached hydrogen (secondary N) is 1. The number of methoxy groups -OCH3 is 1. The summed E-state index contributed by atoms with van der Waals surface area (Å²) in [5, 5.41) is 4.86. The van der Waals surface area contributed by atoms with Crippen LogP contribution in [0.25, 0.3) is 0 Å². The van der Waals surface area contributed by atoms with Crippen molar-refractivity contribution in [1.82, 2.24) is 5.32 Å². The molecule has 0 aliphatic carbocycles. The zero-order chi connectivity index (χ0) is 13.3. The first-order valence-corrected chi connectivity index (χ1v) is 6.63. The van der Waals surface area contributed by atoms with Crippen LogP contribution >= 0.6 is 11.3 Å². The summed E-state index contributed by atoms with van der Waals surface area (Å²) in [4.78, 5) is 26.0. The number of nitrogens with zero attached hydrogens (tertiary/aromatic N) is 1. The van der Waals surface area contributed by atoms with Gasteiger partial charge >= 0.3 is 5.97 Å². The van der Waals surface area contributed by atoms with Crippen molar-refractivity contribution >= 4 is 28.9 Å². The maximum atomic E-state index is 12.2. The molecule has 0 saturated carbocycles. The van der Waals surface area contributed by atoms with Crippen LogP contribution in [0.1, 0.15) is 21.7 Å². The summed E-state index contributed by atoms with van der Waals surface area (Å²) >= 11 is 1.32. The van der Waals surface area contributed by atoms with E-state index in [4.69, 9.17) is 4.74 Å². The molecule has 1 aromatic rings. The van der Waals surface area contributed by atoms with Crippen LogP contribution in [0.3, 0.4) is 0 Å². The summed E-state index contributed by atoms with van der Waals surface area (Å²) in [5.41, 5.74) is 1.64. The molecule has 2 heterocycles. The fourth-order valence-electron chi connectivity index (χ4n) is 2.18. The minimum absolute atomic E-state index is 0.0177. The Balaban J connectivity index is 2.37. The van der Waals surface area contributed by atoms with E-state index < -0.39 is 0 Å². The van der Waals surface area contributed by atoms with Gasteiger partial charge in [0.15, 0.2) is 0 Å². The van der Waals surface area contributed by atoms with Crippen LogP contribution in [0.2, 0.25) is 0 Å². The second-order valence-electron chi connectivity index (χ2n) is 4.21. The summed E-state index contributed by atoms with van der Waals surface area (Å²) in [5.74, 6) is -0.368. The molecule has 1 amide bonds. The lowest BCUT2D eigenvalue weighted by Gasteiger charge is -2.18. The van der Waals surface area contributed by atoms with Crippen molar-refractivity contribution in [3.05, 3.63) is 15.8 Å². The van der Waals surface area contributed by atoms with Gasteiger partial charge < -0.3 is 15.0 Å². The van der Waals surface area contributed by atoms with E-state index in [9.17, 15) is 9.59 Å². The van der Waals surface area contributed by atoms with Gasteiger partial charge in [0.2, 0.25) is 5.91 Å². The average Bonchev–Trinajstić information content (AvgIpc) is 2.91. The number of esters is 1. The zero-order valence-corrected chi connectivity index (χ0v) is 11.5. The molecule has 0 radical (unpaired) electrons. The molecule has 1 unspecified atom stereocenters.